The van der Waals surface area contributed by atoms with Gasteiger partial charge in [-0.2, -0.15) is 10.1 Å². The van der Waals surface area contributed by atoms with E-state index in [1.54, 1.807) is 0 Å². The van der Waals surface area contributed by atoms with E-state index >= 15 is 0 Å². The van der Waals surface area contributed by atoms with E-state index in [0.29, 0.717) is 5.57 Å². The van der Waals surface area contributed by atoms with E-state index < -0.39 is 0 Å². The van der Waals surface area contributed by atoms with Gasteiger partial charge in [-0.1, -0.05) is 66.7 Å². The Hall–Kier alpha value is -3.92. The number of benzene rings is 3. The van der Waals surface area contributed by atoms with Crippen LogP contribution in [0.3, 0.4) is 0 Å². The summed E-state index contributed by atoms with van der Waals surface area (Å²) in [7, 11) is 0. The van der Waals surface area contributed by atoms with Crippen LogP contribution in [-0.4, -0.2) is 16.2 Å². The molecule has 5 rings (SSSR count). The molecule has 1 amide bonds. The Morgan fingerprint density at radius 2 is 1.48 bits per heavy atom. The molecule has 3 aromatic carbocycles. The molecule has 0 saturated carbocycles. The fraction of sp³-hybridized carbons (Fsp3) is 0.111. The zero-order valence-electron chi connectivity index (χ0n) is 17.6. The lowest BCUT2D eigenvalue weighted by atomic mass is 10.0. The first-order chi connectivity index (χ1) is 15.1. The Bertz CT molecular complexity index is 1330. The third kappa shape index (κ3) is 3.36. The van der Waals surface area contributed by atoms with Gasteiger partial charge in [0.2, 0.25) is 0 Å². The van der Waals surface area contributed by atoms with Crippen LogP contribution in [0.2, 0.25) is 0 Å². The second-order valence-corrected chi connectivity index (χ2v) is 7.78. The molecule has 31 heavy (non-hydrogen) atoms. The molecule has 2 heterocycles. The van der Waals surface area contributed by atoms with Crippen molar-refractivity contribution in [3.05, 3.63) is 107 Å². The lowest BCUT2D eigenvalue weighted by molar-refractivity contribution is -0.114. The lowest BCUT2D eigenvalue weighted by Gasteiger charge is -2.11. The van der Waals surface area contributed by atoms with Crippen molar-refractivity contribution in [2.24, 2.45) is 5.10 Å². The molecule has 0 saturated heterocycles. The largest absolute Gasteiger partial charge is 0.340 e. The Balaban J connectivity index is 1.60. The van der Waals surface area contributed by atoms with Crippen LogP contribution < -0.4 is 5.01 Å². The Labute approximate surface area is 181 Å². The SMILES string of the molecule is CC1=NN(c2ccccc2)C(=O)/C1=C/c1c(C)n(Cc2ccccc2)c2ccccc12. The summed E-state index contributed by atoms with van der Waals surface area (Å²) >= 11 is 0. The lowest BCUT2D eigenvalue weighted by Crippen LogP contribution is -2.21. The van der Waals surface area contributed by atoms with E-state index in [-0.39, 0.29) is 5.91 Å². The molecule has 0 aliphatic carbocycles. The average Bonchev–Trinajstić information content (AvgIpc) is 3.24. The van der Waals surface area contributed by atoms with Crippen molar-refractivity contribution in [2.75, 3.05) is 5.01 Å². The summed E-state index contributed by atoms with van der Waals surface area (Å²) in [4.78, 5) is 13.2. The van der Waals surface area contributed by atoms with Crippen molar-refractivity contribution in [3.63, 3.8) is 0 Å². The Kier molecular flexibility index (Phi) is 4.75. The zero-order valence-corrected chi connectivity index (χ0v) is 17.6. The number of nitrogens with zero attached hydrogens (tertiary/aromatic N) is 3. The second-order valence-electron chi connectivity index (χ2n) is 7.78. The maximum atomic E-state index is 13.2. The number of carbonyl (C=O) groups is 1. The van der Waals surface area contributed by atoms with E-state index in [1.165, 1.54) is 10.6 Å². The van der Waals surface area contributed by atoms with Crippen LogP contribution in [0.15, 0.2) is 95.6 Å². The molecule has 4 heteroatoms. The van der Waals surface area contributed by atoms with Crippen LogP contribution in [0.5, 0.6) is 0 Å². The summed E-state index contributed by atoms with van der Waals surface area (Å²) in [5.41, 5.74) is 6.75. The number of carbonyl (C=O) groups excluding carboxylic acids is 1. The number of anilines is 1. The number of hydrazone groups is 1. The molecule has 0 radical (unpaired) electrons. The fourth-order valence-electron chi connectivity index (χ4n) is 4.18. The molecular weight excluding hydrogens is 382 g/mol. The standard InChI is InChI=1S/C27H23N3O/c1-19-24(27(31)30(28-19)22-13-7-4-8-14-22)17-25-20(2)29(18-21-11-5-3-6-12-21)26-16-10-9-15-23(25)26/h3-17H,18H2,1-2H3/b24-17+. The van der Waals surface area contributed by atoms with Gasteiger partial charge in [0.25, 0.3) is 5.91 Å². The van der Waals surface area contributed by atoms with Gasteiger partial charge in [-0.05, 0) is 43.7 Å². The summed E-state index contributed by atoms with van der Waals surface area (Å²) in [5.74, 6) is -0.0945. The first-order valence-corrected chi connectivity index (χ1v) is 10.4. The number of hydrogen-bond acceptors (Lipinski definition) is 2. The summed E-state index contributed by atoms with van der Waals surface area (Å²) in [6.45, 7) is 4.80. The number of para-hydroxylation sites is 2. The minimum Gasteiger partial charge on any atom is -0.340 e. The Morgan fingerprint density at radius 3 is 2.23 bits per heavy atom. The predicted octanol–water partition coefficient (Wildman–Crippen LogP) is 5.80. The van der Waals surface area contributed by atoms with Crippen molar-refractivity contribution in [1.82, 2.24) is 4.57 Å². The van der Waals surface area contributed by atoms with Crippen LogP contribution in [0.4, 0.5) is 5.69 Å². The molecule has 0 fully saturated rings. The first kappa shape index (κ1) is 19.1. The molecule has 1 aliphatic heterocycles. The molecule has 4 nitrogen and oxygen atoms in total. The van der Waals surface area contributed by atoms with Gasteiger partial charge >= 0.3 is 0 Å². The van der Waals surface area contributed by atoms with Gasteiger partial charge < -0.3 is 4.57 Å². The number of aromatic nitrogens is 1. The smallest absolute Gasteiger partial charge is 0.280 e. The molecule has 1 aromatic heterocycles. The van der Waals surface area contributed by atoms with Gasteiger partial charge in [-0.15, -0.1) is 0 Å². The molecule has 0 unspecified atom stereocenters. The molecule has 0 N–H and O–H groups in total. The maximum Gasteiger partial charge on any atom is 0.280 e. The average molecular weight is 406 g/mol. The highest BCUT2D eigenvalue weighted by Gasteiger charge is 2.29. The highest BCUT2D eigenvalue weighted by molar-refractivity contribution is 6.32. The molecule has 0 spiro atoms. The van der Waals surface area contributed by atoms with Crippen molar-refractivity contribution < 1.29 is 4.79 Å². The number of hydrogen-bond donors (Lipinski definition) is 0. The number of fused-ring (bicyclic) bond motifs is 1. The van der Waals surface area contributed by atoms with E-state index in [9.17, 15) is 4.79 Å². The predicted molar refractivity (Wildman–Crippen MR) is 127 cm³/mol. The maximum absolute atomic E-state index is 13.2. The molecule has 1 aliphatic rings. The monoisotopic (exact) mass is 405 g/mol. The van der Waals surface area contributed by atoms with E-state index in [1.807, 2.05) is 55.5 Å². The van der Waals surface area contributed by atoms with Crippen molar-refractivity contribution in [3.8, 4) is 0 Å². The van der Waals surface area contributed by atoms with E-state index in [2.05, 4.69) is 59.1 Å². The van der Waals surface area contributed by atoms with E-state index in [0.717, 1.165) is 40.1 Å². The quantitative estimate of drug-likeness (QED) is 0.395. The second kappa shape index (κ2) is 7.73. The van der Waals surface area contributed by atoms with Gasteiger partial charge in [-0.3, -0.25) is 4.79 Å². The summed E-state index contributed by atoms with van der Waals surface area (Å²) in [6.07, 6.45) is 2.00. The van der Waals surface area contributed by atoms with Crippen LogP contribution >= 0.6 is 0 Å². The van der Waals surface area contributed by atoms with Gasteiger partial charge in [0.05, 0.1) is 17.0 Å². The normalized spacial score (nSPS) is 15.2. The fourth-order valence-corrected chi connectivity index (χ4v) is 4.18. The van der Waals surface area contributed by atoms with Crippen molar-refractivity contribution in [1.29, 1.82) is 0 Å². The third-order valence-electron chi connectivity index (χ3n) is 5.82. The van der Waals surface area contributed by atoms with Crippen LogP contribution in [0.1, 0.15) is 23.7 Å². The third-order valence-corrected chi connectivity index (χ3v) is 5.82. The number of amides is 1. The minimum absolute atomic E-state index is 0.0945. The van der Waals surface area contributed by atoms with Crippen molar-refractivity contribution >= 4 is 34.3 Å². The van der Waals surface area contributed by atoms with Crippen LogP contribution in [0, 0.1) is 6.92 Å². The molecule has 4 aromatic rings. The zero-order chi connectivity index (χ0) is 21.4. The summed E-state index contributed by atoms with van der Waals surface area (Å²) in [5, 5.41) is 7.15. The molecule has 0 atom stereocenters. The van der Waals surface area contributed by atoms with Gasteiger partial charge in [-0.25, -0.2) is 0 Å². The van der Waals surface area contributed by atoms with Gasteiger partial charge in [0, 0.05) is 28.7 Å². The molecule has 0 bridgehead atoms. The Morgan fingerprint density at radius 1 is 0.839 bits per heavy atom. The van der Waals surface area contributed by atoms with Crippen molar-refractivity contribution in [2.45, 2.75) is 20.4 Å². The van der Waals surface area contributed by atoms with Crippen LogP contribution in [-0.2, 0) is 11.3 Å². The van der Waals surface area contributed by atoms with Gasteiger partial charge in [0.1, 0.15) is 0 Å². The highest BCUT2D eigenvalue weighted by Crippen LogP contribution is 2.31. The first-order valence-electron chi connectivity index (χ1n) is 10.4. The number of rotatable bonds is 4. The molecular formula is C27H23N3O. The molecule has 152 valence electrons. The highest BCUT2D eigenvalue weighted by atomic mass is 16.2. The minimum atomic E-state index is -0.0945. The van der Waals surface area contributed by atoms with Gasteiger partial charge in [0.15, 0.2) is 0 Å². The van der Waals surface area contributed by atoms with Crippen LogP contribution in [0.25, 0.3) is 17.0 Å². The summed E-state index contributed by atoms with van der Waals surface area (Å²) < 4.78 is 2.32. The topological polar surface area (TPSA) is 37.6 Å². The van der Waals surface area contributed by atoms with E-state index in [4.69, 9.17) is 0 Å². The summed E-state index contributed by atoms with van der Waals surface area (Å²) in [6, 6.07) is 28.4.